The molecule has 1 heterocycles. The topological polar surface area (TPSA) is 29.5 Å². The first-order valence-corrected chi connectivity index (χ1v) is 6.68. The van der Waals surface area contributed by atoms with Gasteiger partial charge in [0.15, 0.2) is 0 Å². The number of aliphatic hydroxyl groups is 1. The fraction of sp³-hybridized carbons (Fsp3) is 0.600. The molecule has 100 valence electrons. The molecule has 0 saturated carbocycles. The van der Waals surface area contributed by atoms with Crippen molar-refractivity contribution in [2.75, 3.05) is 6.61 Å². The predicted octanol–water partition coefficient (Wildman–Crippen LogP) is 3.38. The van der Waals surface area contributed by atoms with Crippen LogP contribution in [0.15, 0.2) is 24.3 Å². The standard InChI is InChI=1S/C15H21FO2/c1-15(17,12-5-2-6-13(16)11-12)9-3-7-14-8-4-10-18-14/h2,5-6,11,14,17H,3-4,7-10H2,1H3. The van der Waals surface area contributed by atoms with Crippen LogP contribution in [0.2, 0.25) is 0 Å². The summed E-state index contributed by atoms with van der Waals surface area (Å²) in [5.41, 5.74) is -0.310. The zero-order chi connectivity index (χ0) is 13.0. The molecule has 1 aromatic rings. The summed E-state index contributed by atoms with van der Waals surface area (Å²) < 4.78 is 18.7. The van der Waals surface area contributed by atoms with E-state index in [4.69, 9.17) is 4.74 Å². The summed E-state index contributed by atoms with van der Waals surface area (Å²) in [5, 5.41) is 10.4. The summed E-state index contributed by atoms with van der Waals surface area (Å²) in [7, 11) is 0. The predicted molar refractivity (Wildman–Crippen MR) is 68.8 cm³/mol. The van der Waals surface area contributed by atoms with Gasteiger partial charge in [0.2, 0.25) is 0 Å². The van der Waals surface area contributed by atoms with Gasteiger partial charge in [-0.05, 0) is 56.7 Å². The zero-order valence-electron chi connectivity index (χ0n) is 10.9. The Labute approximate surface area is 108 Å². The Kier molecular flexibility index (Phi) is 4.36. The minimum absolute atomic E-state index is 0.299. The molecule has 18 heavy (non-hydrogen) atoms. The minimum Gasteiger partial charge on any atom is -0.385 e. The van der Waals surface area contributed by atoms with Crippen molar-refractivity contribution < 1.29 is 14.2 Å². The fourth-order valence-electron chi connectivity index (χ4n) is 2.51. The van der Waals surface area contributed by atoms with Crippen LogP contribution < -0.4 is 0 Å². The van der Waals surface area contributed by atoms with Gasteiger partial charge in [-0.1, -0.05) is 12.1 Å². The van der Waals surface area contributed by atoms with Crippen LogP contribution in [0.5, 0.6) is 0 Å². The van der Waals surface area contributed by atoms with E-state index in [-0.39, 0.29) is 5.82 Å². The highest BCUT2D eigenvalue weighted by atomic mass is 19.1. The average Bonchev–Trinajstić information content (AvgIpc) is 2.82. The van der Waals surface area contributed by atoms with E-state index in [0.717, 1.165) is 32.3 Å². The normalized spacial score (nSPS) is 22.9. The van der Waals surface area contributed by atoms with Crippen LogP contribution in [0.25, 0.3) is 0 Å². The minimum atomic E-state index is -0.958. The maximum atomic E-state index is 13.1. The van der Waals surface area contributed by atoms with E-state index in [9.17, 15) is 9.50 Å². The van der Waals surface area contributed by atoms with E-state index < -0.39 is 5.60 Å². The van der Waals surface area contributed by atoms with Crippen LogP contribution in [0.4, 0.5) is 4.39 Å². The number of hydrogen-bond donors (Lipinski definition) is 1. The van der Waals surface area contributed by atoms with Crippen LogP contribution in [0.1, 0.15) is 44.6 Å². The average molecular weight is 252 g/mol. The summed E-state index contributed by atoms with van der Waals surface area (Å²) in [6, 6.07) is 6.21. The van der Waals surface area contributed by atoms with Crippen LogP contribution in [0, 0.1) is 5.82 Å². The molecule has 2 nitrogen and oxygen atoms in total. The number of hydrogen-bond acceptors (Lipinski definition) is 2. The molecule has 0 amide bonds. The number of ether oxygens (including phenoxy) is 1. The maximum absolute atomic E-state index is 13.1. The molecule has 1 aliphatic rings. The van der Waals surface area contributed by atoms with Gasteiger partial charge in [-0.25, -0.2) is 4.39 Å². The van der Waals surface area contributed by atoms with Crippen molar-refractivity contribution in [3.8, 4) is 0 Å². The van der Waals surface area contributed by atoms with E-state index in [1.165, 1.54) is 12.1 Å². The lowest BCUT2D eigenvalue weighted by Gasteiger charge is -2.24. The van der Waals surface area contributed by atoms with Crippen molar-refractivity contribution >= 4 is 0 Å². The van der Waals surface area contributed by atoms with Gasteiger partial charge in [-0.2, -0.15) is 0 Å². The molecule has 3 heteroatoms. The first kappa shape index (κ1) is 13.5. The molecule has 0 radical (unpaired) electrons. The monoisotopic (exact) mass is 252 g/mol. The van der Waals surface area contributed by atoms with Crippen molar-refractivity contribution in [1.82, 2.24) is 0 Å². The molecule has 2 rings (SSSR count). The molecule has 2 unspecified atom stereocenters. The summed E-state index contributed by atoms with van der Waals surface area (Å²) in [4.78, 5) is 0. The lowest BCUT2D eigenvalue weighted by molar-refractivity contribution is 0.0369. The Hall–Kier alpha value is -0.930. The molecule has 1 saturated heterocycles. The first-order valence-electron chi connectivity index (χ1n) is 6.68. The first-order chi connectivity index (χ1) is 8.58. The quantitative estimate of drug-likeness (QED) is 0.870. The highest BCUT2D eigenvalue weighted by molar-refractivity contribution is 5.22. The molecule has 0 aliphatic carbocycles. The fourth-order valence-corrected chi connectivity index (χ4v) is 2.51. The Morgan fingerprint density at radius 1 is 1.50 bits per heavy atom. The number of benzene rings is 1. The molecule has 0 bridgehead atoms. The van der Waals surface area contributed by atoms with Crippen molar-refractivity contribution in [2.45, 2.75) is 50.7 Å². The van der Waals surface area contributed by atoms with Crippen molar-refractivity contribution in [2.24, 2.45) is 0 Å². The lowest BCUT2D eigenvalue weighted by atomic mass is 9.90. The molecular formula is C15H21FO2. The molecule has 0 spiro atoms. The second-order valence-electron chi connectivity index (χ2n) is 5.31. The van der Waals surface area contributed by atoms with Gasteiger partial charge in [0.1, 0.15) is 5.82 Å². The Balaban J connectivity index is 1.86. The van der Waals surface area contributed by atoms with Crippen LogP contribution in [0.3, 0.4) is 0 Å². The largest absolute Gasteiger partial charge is 0.385 e. The Bertz CT molecular complexity index is 384. The summed E-state index contributed by atoms with van der Waals surface area (Å²) in [6.45, 7) is 2.61. The van der Waals surface area contributed by atoms with Gasteiger partial charge in [-0.3, -0.25) is 0 Å². The third-order valence-corrected chi connectivity index (χ3v) is 3.66. The molecule has 1 fully saturated rings. The smallest absolute Gasteiger partial charge is 0.123 e. The molecule has 1 aromatic carbocycles. The van der Waals surface area contributed by atoms with Gasteiger partial charge in [0, 0.05) is 6.61 Å². The van der Waals surface area contributed by atoms with E-state index in [1.54, 1.807) is 19.1 Å². The van der Waals surface area contributed by atoms with Gasteiger partial charge in [-0.15, -0.1) is 0 Å². The van der Waals surface area contributed by atoms with E-state index in [1.807, 2.05) is 0 Å². The van der Waals surface area contributed by atoms with Crippen molar-refractivity contribution in [3.05, 3.63) is 35.6 Å². The third kappa shape index (κ3) is 3.53. The summed E-state index contributed by atoms with van der Waals surface area (Å²) in [6.07, 6.45) is 5.14. The number of rotatable bonds is 5. The highest BCUT2D eigenvalue weighted by Crippen LogP contribution is 2.28. The number of halogens is 1. The molecule has 1 aliphatic heterocycles. The summed E-state index contributed by atoms with van der Waals surface area (Å²) >= 11 is 0. The van der Waals surface area contributed by atoms with Crippen molar-refractivity contribution in [3.63, 3.8) is 0 Å². The molecule has 2 atom stereocenters. The third-order valence-electron chi connectivity index (χ3n) is 3.66. The lowest BCUT2D eigenvalue weighted by Crippen LogP contribution is -2.21. The van der Waals surface area contributed by atoms with Gasteiger partial charge < -0.3 is 9.84 Å². The van der Waals surface area contributed by atoms with Gasteiger partial charge in [0.25, 0.3) is 0 Å². The second kappa shape index (κ2) is 5.81. The molecule has 0 aromatic heterocycles. The summed E-state index contributed by atoms with van der Waals surface area (Å²) in [5.74, 6) is -0.299. The van der Waals surface area contributed by atoms with Crippen LogP contribution in [-0.4, -0.2) is 17.8 Å². The van der Waals surface area contributed by atoms with E-state index >= 15 is 0 Å². The van der Waals surface area contributed by atoms with Crippen LogP contribution >= 0.6 is 0 Å². The van der Waals surface area contributed by atoms with Crippen LogP contribution in [-0.2, 0) is 10.3 Å². The van der Waals surface area contributed by atoms with Crippen molar-refractivity contribution in [1.29, 1.82) is 0 Å². The zero-order valence-corrected chi connectivity index (χ0v) is 10.9. The van der Waals surface area contributed by atoms with E-state index in [2.05, 4.69) is 0 Å². The van der Waals surface area contributed by atoms with Gasteiger partial charge >= 0.3 is 0 Å². The molecular weight excluding hydrogens is 231 g/mol. The SMILES string of the molecule is CC(O)(CCCC1CCCO1)c1cccc(F)c1. The molecule has 1 N–H and O–H groups in total. The van der Waals surface area contributed by atoms with E-state index in [0.29, 0.717) is 18.1 Å². The van der Waals surface area contributed by atoms with Gasteiger partial charge in [0.05, 0.1) is 11.7 Å². The Morgan fingerprint density at radius 2 is 2.33 bits per heavy atom. The highest BCUT2D eigenvalue weighted by Gasteiger charge is 2.24. The second-order valence-corrected chi connectivity index (χ2v) is 5.31. The Morgan fingerprint density at radius 3 is 3.00 bits per heavy atom. The maximum Gasteiger partial charge on any atom is 0.123 e.